The summed E-state index contributed by atoms with van der Waals surface area (Å²) in [7, 11) is 0. The number of carbonyl (C=O) groups is 1. The molecule has 6 nitrogen and oxygen atoms in total. The van der Waals surface area contributed by atoms with Gasteiger partial charge < -0.3 is 5.11 Å². The molecule has 8 heteroatoms. The predicted octanol–water partition coefficient (Wildman–Crippen LogP) is 7.97. The molecule has 0 bridgehead atoms. The number of tetrazole rings is 1. The van der Waals surface area contributed by atoms with Gasteiger partial charge in [-0.25, -0.2) is 4.79 Å². The molecule has 2 N–H and O–H groups in total. The van der Waals surface area contributed by atoms with Gasteiger partial charge in [-0.3, -0.25) is 0 Å². The van der Waals surface area contributed by atoms with E-state index in [2.05, 4.69) is 81.3 Å². The summed E-state index contributed by atoms with van der Waals surface area (Å²) in [6.07, 6.45) is 0. The van der Waals surface area contributed by atoms with Gasteiger partial charge in [0.2, 0.25) is 5.82 Å². The van der Waals surface area contributed by atoms with Crippen LogP contribution in [0, 0.1) is 0 Å². The van der Waals surface area contributed by atoms with E-state index in [1.165, 1.54) is 26.5 Å². The van der Waals surface area contributed by atoms with Crippen LogP contribution in [0.4, 0.5) is 0 Å². The van der Waals surface area contributed by atoms with Crippen LogP contribution >= 0.6 is 23.5 Å². The second-order valence-corrected chi connectivity index (χ2v) is 11.3. The van der Waals surface area contributed by atoms with Crippen molar-refractivity contribution in [1.29, 1.82) is 0 Å². The molecule has 0 saturated carbocycles. The molecule has 0 aliphatic rings. The maximum atomic E-state index is 11.6. The van der Waals surface area contributed by atoms with Gasteiger partial charge in [-0.05, 0) is 80.7 Å². The zero-order valence-electron chi connectivity index (χ0n) is 21.3. The first-order valence-corrected chi connectivity index (χ1v) is 14.6. The SMILES string of the molecule is O=C(O)c1ccc(CSc2ccc(-c3ccc(CSc4ccc(-c5nn[nH]n5)cc4)cc3)cc2)c2ccccc12. The standard InChI is InChI=1S/C32H24N4O2S2/c37-32(38)30-18-13-25(28-3-1-2-4-29(28)30)20-40-27-14-9-23(10-15-27)22-7-5-21(6-8-22)19-39-26-16-11-24(12-17-26)31-33-35-36-34-31/h1-18H,19-20H2,(H,37,38)(H,33,34,35,36). The Kier molecular flexibility index (Phi) is 7.61. The van der Waals surface area contributed by atoms with Gasteiger partial charge in [0.05, 0.1) is 5.56 Å². The molecule has 0 atom stereocenters. The number of hydrogen-bond donors (Lipinski definition) is 2. The first-order chi connectivity index (χ1) is 19.6. The first-order valence-electron chi connectivity index (χ1n) is 12.7. The van der Waals surface area contributed by atoms with Gasteiger partial charge in [0.1, 0.15) is 0 Å². The van der Waals surface area contributed by atoms with E-state index in [-0.39, 0.29) is 0 Å². The zero-order chi connectivity index (χ0) is 27.3. The lowest BCUT2D eigenvalue weighted by Gasteiger charge is -2.10. The van der Waals surface area contributed by atoms with Gasteiger partial charge in [-0.15, -0.1) is 33.7 Å². The van der Waals surface area contributed by atoms with Gasteiger partial charge in [0.15, 0.2) is 0 Å². The van der Waals surface area contributed by atoms with Crippen LogP contribution in [-0.2, 0) is 11.5 Å². The summed E-state index contributed by atoms with van der Waals surface area (Å²) in [5, 5.41) is 25.4. The fourth-order valence-corrected chi connectivity index (χ4v) is 6.28. The van der Waals surface area contributed by atoms with Gasteiger partial charge >= 0.3 is 5.97 Å². The molecule has 5 aromatic carbocycles. The highest BCUT2D eigenvalue weighted by Crippen LogP contribution is 2.31. The lowest BCUT2D eigenvalue weighted by atomic mass is 10.0. The van der Waals surface area contributed by atoms with E-state index < -0.39 is 5.97 Å². The summed E-state index contributed by atoms with van der Waals surface area (Å²) >= 11 is 3.54. The van der Waals surface area contributed by atoms with Crippen LogP contribution in [0.3, 0.4) is 0 Å². The molecule has 1 aromatic heterocycles. The van der Waals surface area contributed by atoms with Gasteiger partial charge in [-0.1, -0.05) is 66.7 Å². The Labute approximate surface area is 239 Å². The summed E-state index contributed by atoms with van der Waals surface area (Å²) < 4.78 is 0. The molecule has 6 aromatic rings. The third-order valence-electron chi connectivity index (χ3n) is 6.64. The van der Waals surface area contributed by atoms with Gasteiger partial charge in [-0.2, -0.15) is 5.21 Å². The summed E-state index contributed by atoms with van der Waals surface area (Å²) in [4.78, 5) is 14.0. The maximum absolute atomic E-state index is 11.6. The van der Waals surface area contributed by atoms with E-state index in [1.54, 1.807) is 29.6 Å². The Balaban J connectivity index is 1.06. The summed E-state index contributed by atoms with van der Waals surface area (Å²) in [6, 6.07) is 36.9. The van der Waals surface area contributed by atoms with Gasteiger partial charge in [0, 0.05) is 26.9 Å². The van der Waals surface area contributed by atoms with Gasteiger partial charge in [0.25, 0.3) is 0 Å². The Morgan fingerprint density at radius 3 is 1.90 bits per heavy atom. The number of aromatic carboxylic acids is 1. The Hall–Kier alpha value is -4.40. The molecule has 40 heavy (non-hydrogen) atoms. The molecular formula is C32H24N4O2S2. The van der Waals surface area contributed by atoms with Crippen LogP contribution in [0.5, 0.6) is 0 Å². The molecule has 0 unspecified atom stereocenters. The van der Waals surface area contributed by atoms with E-state index >= 15 is 0 Å². The highest BCUT2D eigenvalue weighted by atomic mass is 32.2. The fraction of sp³-hybridized carbons (Fsp3) is 0.0625. The number of nitrogens with one attached hydrogen (secondary N) is 1. The first kappa shape index (κ1) is 25.9. The Morgan fingerprint density at radius 2 is 1.27 bits per heavy atom. The number of aromatic amines is 1. The Morgan fingerprint density at radius 1 is 0.675 bits per heavy atom. The molecule has 0 fully saturated rings. The Bertz CT molecular complexity index is 1750. The molecule has 0 amide bonds. The maximum Gasteiger partial charge on any atom is 0.336 e. The molecule has 0 radical (unpaired) electrons. The molecule has 1 heterocycles. The fourth-order valence-electron chi connectivity index (χ4n) is 4.52. The number of thioether (sulfide) groups is 2. The highest BCUT2D eigenvalue weighted by molar-refractivity contribution is 7.98. The normalized spacial score (nSPS) is 11.1. The molecule has 0 saturated heterocycles. The predicted molar refractivity (Wildman–Crippen MR) is 162 cm³/mol. The summed E-state index contributed by atoms with van der Waals surface area (Å²) in [5.74, 6) is 1.36. The minimum Gasteiger partial charge on any atom is -0.478 e. The smallest absolute Gasteiger partial charge is 0.336 e. The number of fused-ring (bicyclic) bond motifs is 1. The largest absolute Gasteiger partial charge is 0.478 e. The van der Waals surface area contributed by atoms with E-state index in [1.807, 2.05) is 42.5 Å². The lowest BCUT2D eigenvalue weighted by molar-refractivity contribution is 0.0699. The number of nitrogens with zero attached hydrogens (tertiary/aromatic N) is 3. The van der Waals surface area contributed by atoms with E-state index in [4.69, 9.17) is 0 Å². The summed E-state index contributed by atoms with van der Waals surface area (Å²) in [6.45, 7) is 0. The van der Waals surface area contributed by atoms with Crippen LogP contribution in [0.15, 0.2) is 119 Å². The van der Waals surface area contributed by atoms with Crippen molar-refractivity contribution in [1.82, 2.24) is 20.6 Å². The second-order valence-electron chi connectivity index (χ2n) is 9.18. The average molecular weight is 561 g/mol. The molecule has 0 aliphatic heterocycles. The number of rotatable bonds is 9. The summed E-state index contributed by atoms with van der Waals surface area (Å²) in [5.41, 5.74) is 6.04. The molecule has 6 rings (SSSR count). The van der Waals surface area contributed by atoms with Crippen molar-refractivity contribution >= 4 is 40.3 Å². The number of carboxylic acids is 1. The van der Waals surface area contributed by atoms with Crippen molar-refractivity contribution in [3.8, 4) is 22.5 Å². The van der Waals surface area contributed by atoms with Crippen molar-refractivity contribution in [2.24, 2.45) is 0 Å². The van der Waals surface area contributed by atoms with Crippen molar-refractivity contribution in [2.45, 2.75) is 21.3 Å². The molecule has 0 spiro atoms. The van der Waals surface area contributed by atoms with Crippen molar-refractivity contribution in [2.75, 3.05) is 0 Å². The monoisotopic (exact) mass is 560 g/mol. The lowest BCUT2D eigenvalue weighted by Crippen LogP contribution is -1.98. The minimum atomic E-state index is -0.898. The van der Waals surface area contributed by atoms with E-state index in [0.29, 0.717) is 11.4 Å². The van der Waals surface area contributed by atoms with Crippen LogP contribution in [0.2, 0.25) is 0 Å². The third kappa shape index (κ3) is 5.78. The number of H-pyrrole nitrogens is 1. The average Bonchev–Trinajstić information content (AvgIpc) is 3.55. The van der Waals surface area contributed by atoms with Crippen molar-refractivity contribution in [3.05, 3.63) is 126 Å². The van der Waals surface area contributed by atoms with Crippen LogP contribution in [-0.4, -0.2) is 31.7 Å². The number of benzene rings is 5. The van der Waals surface area contributed by atoms with E-state index in [9.17, 15) is 9.90 Å². The van der Waals surface area contributed by atoms with Crippen molar-refractivity contribution < 1.29 is 9.90 Å². The minimum absolute atomic E-state index is 0.342. The number of carboxylic acid groups (broad SMARTS) is 1. The van der Waals surface area contributed by atoms with Crippen LogP contribution in [0.25, 0.3) is 33.3 Å². The molecule has 196 valence electrons. The van der Waals surface area contributed by atoms with E-state index in [0.717, 1.165) is 33.4 Å². The molecular weight excluding hydrogens is 537 g/mol. The van der Waals surface area contributed by atoms with Crippen molar-refractivity contribution in [3.63, 3.8) is 0 Å². The quantitative estimate of drug-likeness (QED) is 0.173. The topological polar surface area (TPSA) is 91.8 Å². The second kappa shape index (κ2) is 11.8. The van der Waals surface area contributed by atoms with Crippen LogP contribution in [0.1, 0.15) is 21.5 Å². The third-order valence-corrected chi connectivity index (χ3v) is 8.79. The number of aromatic nitrogens is 4. The molecule has 0 aliphatic carbocycles. The van der Waals surface area contributed by atoms with Crippen LogP contribution < -0.4 is 0 Å². The zero-order valence-corrected chi connectivity index (χ0v) is 23.0. The number of hydrogen-bond acceptors (Lipinski definition) is 6. The highest BCUT2D eigenvalue weighted by Gasteiger charge is 2.11.